The van der Waals surface area contributed by atoms with E-state index < -0.39 is 10.0 Å². The minimum Gasteiger partial charge on any atom is -0.329 e. The van der Waals surface area contributed by atoms with E-state index in [1.54, 1.807) is 18.7 Å². The smallest absolute Gasteiger partial charge is 0.214 e. The van der Waals surface area contributed by atoms with E-state index in [1.807, 2.05) is 0 Å². The first-order chi connectivity index (χ1) is 5.61. The number of thioether (sulfide) groups is 1. The first-order valence-corrected chi connectivity index (χ1v) is 6.65. The van der Waals surface area contributed by atoms with Crippen LogP contribution in [0, 0.1) is 0 Å². The Hall–Kier alpha value is 0.220. The van der Waals surface area contributed by atoms with E-state index in [1.165, 1.54) is 4.31 Å². The molecule has 0 aromatic heterocycles. The number of sulfonamides is 1. The lowest BCUT2D eigenvalue weighted by Gasteiger charge is -2.20. The first kappa shape index (κ1) is 10.3. The van der Waals surface area contributed by atoms with E-state index in [0.29, 0.717) is 12.4 Å². The van der Waals surface area contributed by atoms with Gasteiger partial charge in [-0.25, -0.2) is 8.42 Å². The van der Waals surface area contributed by atoms with Gasteiger partial charge < -0.3 is 5.73 Å². The quantitative estimate of drug-likeness (QED) is 0.693. The second kappa shape index (κ2) is 3.95. The zero-order valence-corrected chi connectivity index (χ0v) is 8.70. The molecule has 1 unspecified atom stereocenters. The Morgan fingerprint density at radius 3 is 2.83 bits per heavy atom. The summed E-state index contributed by atoms with van der Waals surface area (Å²) in [5.74, 6) is 1.57. The normalized spacial score (nSPS) is 26.3. The summed E-state index contributed by atoms with van der Waals surface area (Å²) < 4.78 is 24.4. The van der Waals surface area contributed by atoms with Gasteiger partial charge in [0, 0.05) is 18.3 Å². The van der Waals surface area contributed by atoms with Crippen LogP contribution in [0.1, 0.15) is 6.92 Å². The third-order valence-corrected chi connectivity index (χ3v) is 5.05. The molecule has 4 nitrogen and oxygen atoms in total. The molecule has 0 aromatic rings. The van der Waals surface area contributed by atoms with E-state index >= 15 is 0 Å². The van der Waals surface area contributed by atoms with Crippen molar-refractivity contribution in [1.29, 1.82) is 0 Å². The van der Waals surface area contributed by atoms with Crippen molar-refractivity contribution in [2.24, 2.45) is 5.73 Å². The number of nitrogens with two attached hydrogens (primary N) is 1. The van der Waals surface area contributed by atoms with Gasteiger partial charge in [0.05, 0.1) is 11.6 Å². The molecule has 1 saturated heterocycles. The van der Waals surface area contributed by atoms with Crippen LogP contribution in [0.5, 0.6) is 0 Å². The van der Waals surface area contributed by atoms with Crippen molar-refractivity contribution in [2.75, 3.05) is 23.9 Å². The number of hydrogen-bond donors (Lipinski definition) is 1. The summed E-state index contributed by atoms with van der Waals surface area (Å²) in [7, 11) is -3.03. The minimum atomic E-state index is -3.03. The van der Waals surface area contributed by atoms with Crippen molar-refractivity contribution >= 4 is 21.8 Å². The van der Waals surface area contributed by atoms with Gasteiger partial charge in [0.15, 0.2) is 0 Å². The molecule has 72 valence electrons. The van der Waals surface area contributed by atoms with Crippen LogP contribution in [0.3, 0.4) is 0 Å². The maximum atomic E-state index is 11.4. The van der Waals surface area contributed by atoms with Gasteiger partial charge in [-0.2, -0.15) is 4.31 Å². The lowest BCUT2D eigenvalue weighted by atomic mass is 10.3. The SMILES string of the molecule is CCS(=O)(=O)N1CSCC1CN. The summed E-state index contributed by atoms with van der Waals surface area (Å²) in [5, 5.41) is 0. The van der Waals surface area contributed by atoms with E-state index in [-0.39, 0.29) is 11.8 Å². The Morgan fingerprint density at radius 2 is 2.33 bits per heavy atom. The fourth-order valence-electron chi connectivity index (χ4n) is 1.13. The fraction of sp³-hybridized carbons (Fsp3) is 1.00. The second-order valence-electron chi connectivity index (χ2n) is 2.68. The van der Waals surface area contributed by atoms with Gasteiger partial charge in [0.1, 0.15) is 0 Å². The van der Waals surface area contributed by atoms with Gasteiger partial charge in [-0.15, -0.1) is 11.8 Å². The summed E-state index contributed by atoms with van der Waals surface area (Å²) in [6.07, 6.45) is 0. The zero-order chi connectivity index (χ0) is 9.19. The number of hydrogen-bond acceptors (Lipinski definition) is 4. The number of nitrogens with zero attached hydrogens (tertiary/aromatic N) is 1. The molecular weight excluding hydrogens is 196 g/mol. The van der Waals surface area contributed by atoms with Crippen molar-refractivity contribution in [3.63, 3.8) is 0 Å². The molecule has 0 aromatic carbocycles. The first-order valence-electron chi connectivity index (χ1n) is 3.89. The third-order valence-electron chi connectivity index (χ3n) is 1.93. The molecule has 0 bridgehead atoms. The van der Waals surface area contributed by atoms with Crippen molar-refractivity contribution in [3.8, 4) is 0 Å². The lowest BCUT2D eigenvalue weighted by molar-refractivity contribution is 0.405. The maximum absolute atomic E-state index is 11.4. The summed E-state index contributed by atoms with van der Waals surface area (Å²) >= 11 is 1.62. The predicted octanol–water partition coefficient (Wildman–Crippen LogP) is -0.330. The summed E-state index contributed by atoms with van der Waals surface area (Å²) in [6, 6.07) is 0.0138. The molecule has 0 spiro atoms. The minimum absolute atomic E-state index is 0.0138. The van der Waals surface area contributed by atoms with E-state index in [9.17, 15) is 8.42 Å². The van der Waals surface area contributed by atoms with Gasteiger partial charge in [0.25, 0.3) is 0 Å². The summed E-state index contributed by atoms with van der Waals surface area (Å²) in [4.78, 5) is 0. The zero-order valence-electron chi connectivity index (χ0n) is 7.06. The topological polar surface area (TPSA) is 63.4 Å². The molecule has 0 radical (unpaired) electrons. The monoisotopic (exact) mass is 210 g/mol. The standard InChI is InChI=1S/C6H14N2O2S2/c1-2-12(9,10)8-5-11-4-6(8)3-7/h6H,2-5,7H2,1H3. The van der Waals surface area contributed by atoms with Crippen LogP contribution in [0.15, 0.2) is 0 Å². The highest BCUT2D eigenvalue weighted by Gasteiger charge is 2.32. The van der Waals surface area contributed by atoms with Crippen molar-refractivity contribution in [2.45, 2.75) is 13.0 Å². The predicted molar refractivity (Wildman–Crippen MR) is 51.5 cm³/mol. The fourth-order valence-corrected chi connectivity index (χ4v) is 4.12. The molecule has 1 rings (SSSR count). The third kappa shape index (κ3) is 1.93. The van der Waals surface area contributed by atoms with E-state index in [4.69, 9.17) is 5.73 Å². The molecule has 1 aliphatic heterocycles. The van der Waals surface area contributed by atoms with Gasteiger partial charge >= 0.3 is 0 Å². The van der Waals surface area contributed by atoms with Crippen molar-refractivity contribution in [1.82, 2.24) is 4.31 Å². The summed E-state index contributed by atoms with van der Waals surface area (Å²) in [6.45, 7) is 2.08. The van der Waals surface area contributed by atoms with Gasteiger partial charge in [-0.1, -0.05) is 0 Å². The van der Waals surface area contributed by atoms with Crippen LogP contribution in [0.25, 0.3) is 0 Å². The highest BCUT2D eigenvalue weighted by molar-refractivity contribution is 8.00. The van der Waals surface area contributed by atoms with Gasteiger partial charge in [-0.3, -0.25) is 0 Å². The molecule has 1 heterocycles. The molecule has 1 aliphatic rings. The van der Waals surface area contributed by atoms with Crippen LogP contribution < -0.4 is 5.73 Å². The molecule has 0 amide bonds. The average Bonchev–Trinajstić information content (AvgIpc) is 2.52. The molecule has 1 atom stereocenters. The second-order valence-corrected chi connectivity index (χ2v) is 5.89. The van der Waals surface area contributed by atoms with E-state index in [0.717, 1.165) is 5.75 Å². The highest BCUT2D eigenvalue weighted by atomic mass is 32.2. The molecular formula is C6H14N2O2S2. The highest BCUT2D eigenvalue weighted by Crippen LogP contribution is 2.23. The van der Waals surface area contributed by atoms with Crippen LogP contribution in [0.2, 0.25) is 0 Å². The number of rotatable bonds is 3. The molecule has 0 saturated carbocycles. The van der Waals surface area contributed by atoms with Crippen LogP contribution in [-0.4, -0.2) is 42.7 Å². The Balaban J connectivity index is 2.74. The van der Waals surface area contributed by atoms with Gasteiger partial charge in [-0.05, 0) is 6.92 Å². The van der Waals surface area contributed by atoms with Crippen LogP contribution >= 0.6 is 11.8 Å². The molecule has 1 fully saturated rings. The molecule has 12 heavy (non-hydrogen) atoms. The largest absolute Gasteiger partial charge is 0.329 e. The van der Waals surface area contributed by atoms with Crippen LogP contribution in [-0.2, 0) is 10.0 Å². The summed E-state index contributed by atoms with van der Waals surface area (Å²) in [5.41, 5.74) is 5.46. The van der Waals surface area contributed by atoms with Gasteiger partial charge in [0.2, 0.25) is 10.0 Å². The van der Waals surface area contributed by atoms with E-state index in [2.05, 4.69) is 0 Å². The Kier molecular flexibility index (Phi) is 3.39. The van der Waals surface area contributed by atoms with Crippen LogP contribution in [0.4, 0.5) is 0 Å². The Labute approximate surface area is 77.5 Å². The van der Waals surface area contributed by atoms with Crippen molar-refractivity contribution in [3.05, 3.63) is 0 Å². The molecule has 2 N–H and O–H groups in total. The van der Waals surface area contributed by atoms with Crippen molar-refractivity contribution < 1.29 is 8.42 Å². The average molecular weight is 210 g/mol. The lowest BCUT2D eigenvalue weighted by Crippen LogP contribution is -2.41. The maximum Gasteiger partial charge on any atom is 0.214 e. The Bertz CT molecular complexity index is 240. The molecule has 0 aliphatic carbocycles. The molecule has 6 heteroatoms. The Morgan fingerprint density at radius 1 is 1.67 bits per heavy atom.